The van der Waals surface area contributed by atoms with Crippen LogP contribution in [0.25, 0.3) is 11.0 Å². The lowest BCUT2D eigenvalue weighted by atomic mass is 9.98. The topological polar surface area (TPSA) is 64.2 Å². The van der Waals surface area contributed by atoms with Gasteiger partial charge in [0, 0.05) is 13.0 Å². The first-order valence-corrected chi connectivity index (χ1v) is 11.5. The van der Waals surface area contributed by atoms with Crippen LogP contribution in [-0.4, -0.2) is 50.2 Å². The van der Waals surface area contributed by atoms with Crippen LogP contribution in [0.3, 0.4) is 0 Å². The molecule has 0 radical (unpaired) electrons. The summed E-state index contributed by atoms with van der Waals surface area (Å²) in [4.78, 5) is 30.1. The Labute approximate surface area is 195 Å². The van der Waals surface area contributed by atoms with Gasteiger partial charge < -0.3 is 19.0 Å². The van der Waals surface area contributed by atoms with E-state index >= 15 is 0 Å². The molecule has 1 saturated heterocycles. The second-order valence-electron chi connectivity index (χ2n) is 8.21. The van der Waals surface area contributed by atoms with Crippen molar-refractivity contribution in [1.82, 2.24) is 4.90 Å². The molecule has 1 atom stereocenters. The van der Waals surface area contributed by atoms with Gasteiger partial charge in [0.25, 0.3) is 5.91 Å². The highest BCUT2D eigenvalue weighted by molar-refractivity contribution is 6.42. The van der Waals surface area contributed by atoms with E-state index in [1.165, 1.54) is 4.90 Å². The second kappa shape index (κ2) is 8.87. The number of rotatable bonds is 5. The van der Waals surface area contributed by atoms with Crippen molar-refractivity contribution in [2.45, 2.75) is 12.5 Å². The van der Waals surface area contributed by atoms with Gasteiger partial charge in [-0.25, -0.2) is 0 Å². The number of carbonyl (C=O) groups is 1. The van der Waals surface area contributed by atoms with Gasteiger partial charge in [-0.2, -0.15) is 0 Å². The summed E-state index contributed by atoms with van der Waals surface area (Å²) in [5, 5.41) is 1.27. The zero-order chi connectivity index (χ0) is 22.2. The van der Waals surface area contributed by atoms with Crippen LogP contribution >= 0.6 is 23.2 Å². The Morgan fingerprint density at radius 2 is 1.81 bits per heavy atom. The highest BCUT2D eigenvalue weighted by Crippen LogP contribution is 2.39. The first-order valence-electron chi connectivity index (χ1n) is 10.8. The van der Waals surface area contributed by atoms with Gasteiger partial charge in [0.1, 0.15) is 18.7 Å². The molecule has 2 aliphatic heterocycles. The van der Waals surface area contributed by atoms with Gasteiger partial charge in [-0.05, 0) is 29.8 Å². The smallest absolute Gasteiger partial charge is 0.290 e. The third kappa shape index (κ3) is 3.82. The molecule has 3 heterocycles. The first kappa shape index (κ1) is 21.5. The quantitative estimate of drug-likeness (QED) is 0.618. The van der Waals surface area contributed by atoms with E-state index in [4.69, 9.17) is 32.4 Å². The molecule has 6 nitrogen and oxygen atoms in total. The van der Waals surface area contributed by atoms with Crippen LogP contribution < -0.4 is 10.3 Å². The maximum atomic E-state index is 13.5. The van der Waals surface area contributed by atoms with Crippen molar-refractivity contribution in [2.75, 3.05) is 39.4 Å². The molecule has 0 saturated carbocycles. The zero-order valence-electron chi connectivity index (χ0n) is 17.4. The van der Waals surface area contributed by atoms with Crippen molar-refractivity contribution in [3.05, 3.63) is 79.6 Å². The molecule has 1 N–H and O–H groups in total. The molecule has 1 aromatic heterocycles. The van der Waals surface area contributed by atoms with E-state index in [9.17, 15) is 9.59 Å². The second-order valence-corrected chi connectivity index (χ2v) is 9.03. The van der Waals surface area contributed by atoms with Crippen LogP contribution in [0, 0.1) is 0 Å². The standard InChI is InChI=1S/C24H22Cl2N2O4/c25-17-7-6-15(14-18(17)26)21-20-22(29)16-4-1-2-5-19(16)32-23(20)24(30)28(21)9-3-8-27-10-12-31-13-11-27/h1-2,4-7,14,21H,3,8-13H2/p+1/t21-/m0/s1. The maximum Gasteiger partial charge on any atom is 0.290 e. The summed E-state index contributed by atoms with van der Waals surface area (Å²) in [6.07, 6.45) is 0.806. The van der Waals surface area contributed by atoms with Crippen LogP contribution in [0.4, 0.5) is 0 Å². The van der Waals surface area contributed by atoms with E-state index in [-0.39, 0.29) is 17.1 Å². The number of hydrogen-bond acceptors (Lipinski definition) is 4. The number of carbonyl (C=O) groups excluding carboxylic acids is 1. The molecule has 0 aliphatic carbocycles. The largest absolute Gasteiger partial charge is 0.450 e. The molecule has 1 fully saturated rings. The summed E-state index contributed by atoms with van der Waals surface area (Å²) in [7, 11) is 0. The molecule has 1 amide bonds. The average Bonchev–Trinajstić information content (AvgIpc) is 3.09. The number of nitrogens with one attached hydrogen (secondary N) is 1. The average molecular weight is 474 g/mol. The fourth-order valence-corrected chi connectivity index (χ4v) is 4.94. The van der Waals surface area contributed by atoms with Gasteiger partial charge in [0.15, 0.2) is 5.43 Å². The van der Waals surface area contributed by atoms with Crippen LogP contribution in [0.2, 0.25) is 10.0 Å². The molecule has 32 heavy (non-hydrogen) atoms. The van der Waals surface area contributed by atoms with Crippen molar-refractivity contribution >= 4 is 40.1 Å². The fraction of sp³-hybridized carbons (Fsp3) is 0.333. The van der Waals surface area contributed by atoms with Crippen molar-refractivity contribution in [3.63, 3.8) is 0 Å². The Balaban J connectivity index is 1.54. The number of para-hydroxylation sites is 1. The minimum absolute atomic E-state index is 0.114. The monoisotopic (exact) mass is 473 g/mol. The molecule has 0 unspecified atom stereocenters. The summed E-state index contributed by atoms with van der Waals surface area (Å²) in [6, 6.07) is 11.7. The molecule has 8 heteroatoms. The molecule has 2 aromatic carbocycles. The normalized spacial score (nSPS) is 19.0. The number of amides is 1. The van der Waals surface area contributed by atoms with Gasteiger partial charge >= 0.3 is 0 Å². The Morgan fingerprint density at radius 3 is 2.59 bits per heavy atom. The van der Waals surface area contributed by atoms with E-state index in [1.807, 2.05) is 6.07 Å². The van der Waals surface area contributed by atoms with E-state index in [2.05, 4.69) is 0 Å². The Kier molecular flexibility index (Phi) is 5.95. The molecule has 0 bridgehead atoms. The molecule has 2 aliphatic rings. The third-order valence-electron chi connectivity index (χ3n) is 6.26. The number of quaternary nitrogens is 1. The fourth-order valence-electron chi connectivity index (χ4n) is 4.64. The Morgan fingerprint density at radius 1 is 1.03 bits per heavy atom. The minimum Gasteiger partial charge on any atom is -0.450 e. The van der Waals surface area contributed by atoms with Crippen molar-refractivity contribution in [1.29, 1.82) is 0 Å². The highest BCUT2D eigenvalue weighted by Gasteiger charge is 2.42. The van der Waals surface area contributed by atoms with Crippen LogP contribution in [0.5, 0.6) is 0 Å². The lowest BCUT2D eigenvalue weighted by Crippen LogP contribution is -3.14. The van der Waals surface area contributed by atoms with Crippen LogP contribution in [0.1, 0.15) is 34.1 Å². The third-order valence-corrected chi connectivity index (χ3v) is 7.00. The van der Waals surface area contributed by atoms with Crippen LogP contribution in [0.15, 0.2) is 51.7 Å². The van der Waals surface area contributed by atoms with Gasteiger partial charge in [-0.15, -0.1) is 0 Å². The molecular formula is C24H23Cl2N2O4+. The zero-order valence-corrected chi connectivity index (χ0v) is 18.9. The van der Waals surface area contributed by atoms with Crippen molar-refractivity contribution in [2.24, 2.45) is 0 Å². The lowest BCUT2D eigenvalue weighted by Gasteiger charge is -2.27. The number of benzene rings is 2. The predicted molar refractivity (Wildman–Crippen MR) is 123 cm³/mol. The highest BCUT2D eigenvalue weighted by atomic mass is 35.5. The van der Waals surface area contributed by atoms with Gasteiger partial charge in [0.05, 0.1) is 46.8 Å². The van der Waals surface area contributed by atoms with Crippen LogP contribution in [-0.2, 0) is 4.74 Å². The molecule has 5 rings (SSSR count). The summed E-state index contributed by atoms with van der Waals surface area (Å²) in [5.41, 5.74) is 1.34. The number of morpholine rings is 1. The summed E-state index contributed by atoms with van der Waals surface area (Å²) in [6.45, 7) is 4.90. The summed E-state index contributed by atoms with van der Waals surface area (Å²) < 4.78 is 11.4. The van der Waals surface area contributed by atoms with E-state index in [1.54, 1.807) is 41.3 Å². The number of fused-ring (bicyclic) bond motifs is 2. The minimum atomic E-state index is -0.562. The van der Waals surface area contributed by atoms with E-state index in [0.717, 1.165) is 44.8 Å². The first-order chi connectivity index (χ1) is 15.5. The van der Waals surface area contributed by atoms with Crippen molar-refractivity contribution in [3.8, 4) is 0 Å². The van der Waals surface area contributed by atoms with Gasteiger partial charge in [0.2, 0.25) is 5.76 Å². The number of ether oxygens (including phenoxy) is 1. The number of halogens is 2. The molecule has 166 valence electrons. The van der Waals surface area contributed by atoms with Gasteiger partial charge in [-0.3, -0.25) is 9.59 Å². The van der Waals surface area contributed by atoms with E-state index in [0.29, 0.717) is 33.1 Å². The molecule has 0 spiro atoms. The predicted octanol–water partition coefficient (Wildman–Crippen LogP) is 2.95. The number of hydrogen-bond donors (Lipinski definition) is 1. The summed E-state index contributed by atoms with van der Waals surface area (Å²) in [5.74, 6) is -0.153. The maximum absolute atomic E-state index is 13.5. The lowest BCUT2D eigenvalue weighted by molar-refractivity contribution is -0.908. The van der Waals surface area contributed by atoms with E-state index < -0.39 is 6.04 Å². The molecular weight excluding hydrogens is 451 g/mol. The number of nitrogens with zero attached hydrogens (tertiary/aromatic N) is 1. The SMILES string of the molecule is O=C1c2oc3ccccc3c(=O)c2[C@H](c2ccc(Cl)c(Cl)c2)N1CCC[NH+]1CCOCC1. The molecule has 3 aromatic rings. The summed E-state index contributed by atoms with van der Waals surface area (Å²) >= 11 is 12.4. The van der Waals surface area contributed by atoms with Gasteiger partial charge in [-0.1, -0.05) is 41.4 Å². The van der Waals surface area contributed by atoms with Crippen molar-refractivity contribution < 1.29 is 18.8 Å². The Bertz CT molecular complexity index is 1240. The Hall–Kier alpha value is -2.38.